The van der Waals surface area contributed by atoms with Crippen LogP contribution in [0, 0.1) is 5.92 Å². The quantitative estimate of drug-likeness (QED) is 0.330. The van der Waals surface area contributed by atoms with Gasteiger partial charge in [-0.05, 0) is 69.1 Å². The van der Waals surface area contributed by atoms with Crippen molar-refractivity contribution in [3.8, 4) is 0 Å². The van der Waals surface area contributed by atoms with Gasteiger partial charge in [0.2, 0.25) is 0 Å². The van der Waals surface area contributed by atoms with E-state index in [1.165, 1.54) is 51.0 Å². The van der Waals surface area contributed by atoms with Crippen LogP contribution >= 0.6 is 11.6 Å². The number of H-pyrrole nitrogens is 1. The SMILES string of the molecule is CCCN(CCC)CCCN1CCN(Cc2ccc(C(=O)NN(CC(C)C)c3[nH]ncc3Cl)cc2)CC1. The molecule has 0 saturated carbocycles. The fourth-order valence-electron chi connectivity index (χ4n) is 4.88. The number of piperazine rings is 1. The van der Waals surface area contributed by atoms with Crippen LogP contribution in [0.4, 0.5) is 5.82 Å². The van der Waals surface area contributed by atoms with Gasteiger partial charge in [0.1, 0.15) is 5.02 Å². The monoisotopic (exact) mass is 531 g/mol. The highest BCUT2D eigenvalue weighted by atomic mass is 35.5. The lowest BCUT2D eigenvalue weighted by atomic mass is 10.1. The third-order valence-corrected chi connectivity index (χ3v) is 7.02. The predicted octanol–water partition coefficient (Wildman–Crippen LogP) is 4.50. The normalized spacial score (nSPS) is 15.0. The number of benzene rings is 1. The first-order valence-corrected chi connectivity index (χ1v) is 14.3. The summed E-state index contributed by atoms with van der Waals surface area (Å²) < 4.78 is 0. The zero-order valence-corrected chi connectivity index (χ0v) is 23.9. The van der Waals surface area contributed by atoms with Crippen LogP contribution in [0.2, 0.25) is 5.02 Å². The van der Waals surface area contributed by atoms with Gasteiger partial charge in [-0.2, -0.15) is 5.10 Å². The third kappa shape index (κ3) is 9.60. The summed E-state index contributed by atoms with van der Waals surface area (Å²) in [7, 11) is 0. The van der Waals surface area contributed by atoms with Gasteiger partial charge in [0, 0.05) is 44.8 Å². The maximum absolute atomic E-state index is 12.9. The van der Waals surface area contributed by atoms with E-state index in [4.69, 9.17) is 11.6 Å². The highest BCUT2D eigenvalue weighted by Crippen LogP contribution is 2.22. The van der Waals surface area contributed by atoms with Crippen LogP contribution in [0.15, 0.2) is 30.5 Å². The number of halogens is 1. The van der Waals surface area contributed by atoms with Crippen LogP contribution in [0.5, 0.6) is 0 Å². The largest absolute Gasteiger partial charge is 0.303 e. The first-order chi connectivity index (χ1) is 17.9. The number of nitrogens with zero attached hydrogens (tertiary/aromatic N) is 5. The van der Waals surface area contributed by atoms with Gasteiger partial charge in [0.15, 0.2) is 5.82 Å². The van der Waals surface area contributed by atoms with Crippen LogP contribution in [-0.2, 0) is 6.54 Å². The zero-order valence-electron chi connectivity index (χ0n) is 23.2. The maximum atomic E-state index is 12.9. The van der Waals surface area contributed by atoms with Crippen LogP contribution in [0.25, 0.3) is 0 Å². The second kappa shape index (κ2) is 15.3. The number of hydrogen-bond acceptors (Lipinski definition) is 6. The van der Waals surface area contributed by atoms with Crippen molar-refractivity contribution < 1.29 is 4.79 Å². The number of hydrogen-bond donors (Lipinski definition) is 2. The Morgan fingerprint density at radius 2 is 1.70 bits per heavy atom. The van der Waals surface area contributed by atoms with Gasteiger partial charge in [-0.3, -0.25) is 25.2 Å². The molecule has 2 aromatic rings. The molecule has 2 N–H and O–H groups in total. The third-order valence-electron chi connectivity index (χ3n) is 6.74. The summed E-state index contributed by atoms with van der Waals surface area (Å²) in [6, 6.07) is 7.93. The van der Waals surface area contributed by atoms with E-state index < -0.39 is 0 Å². The highest BCUT2D eigenvalue weighted by molar-refractivity contribution is 6.32. The summed E-state index contributed by atoms with van der Waals surface area (Å²) in [6.07, 6.45) is 5.27. The Morgan fingerprint density at radius 3 is 2.27 bits per heavy atom. The summed E-state index contributed by atoms with van der Waals surface area (Å²) in [6.45, 7) is 19.5. The molecule has 0 aliphatic carbocycles. The van der Waals surface area contributed by atoms with Crippen molar-refractivity contribution in [2.75, 3.05) is 63.9 Å². The maximum Gasteiger partial charge on any atom is 0.269 e. The minimum Gasteiger partial charge on any atom is -0.303 e. The lowest BCUT2D eigenvalue weighted by Gasteiger charge is -2.35. The molecule has 0 spiro atoms. The van der Waals surface area contributed by atoms with Crippen molar-refractivity contribution >= 4 is 23.3 Å². The van der Waals surface area contributed by atoms with E-state index in [1.54, 1.807) is 11.2 Å². The first-order valence-electron chi connectivity index (χ1n) is 13.9. The van der Waals surface area contributed by atoms with E-state index in [9.17, 15) is 4.79 Å². The number of carbonyl (C=O) groups is 1. The van der Waals surface area contributed by atoms with Crippen LogP contribution in [0.1, 0.15) is 62.9 Å². The Balaban J connectivity index is 1.43. The molecule has 9 heteroatoms. The summed E-state index contributed by atoms with van der Waals surface area (Å²) in [5.41, 5.74) is 4.83. The summed E-state index contributed by atoms with van der Waals surface area (Å²) >= 11 is 6.23. The molecule has 8 nitrogen and oxygen atoms in total. The number of amides is 1. The van der Waals surface area contributed by atoms with Crippen LogP contribution < -0.4 is 10.4 Å². The highest BCUT2D eigenvalue weighted by Gasteiger charge is 2.19. The Labute approximate surface area is 228 Å². The number of aromatic amines is 1. The molecule has 206 valence electrons. The number of carbonyl (C=O) groups excluding carboxylic acids is 1. The molecule has 1 amide bonds. The smallest absolute Gasteiger partial charge is 0.269 e. The van der Waals surface area contributed by atoms with E-state index >= 15 is 0 Å². The molecule has 1 fully saturated rings. The molecule has 37 heavy (non-hydrogen) atoms. The predicted molar refractivity (Wildman–Crippen MR) is 153 cm³/mol. The molecule has 1 aromatic carbocycles. The zero-order chi connectivity index (χ0) is 26.6. The minimum absolute atomic E-state index is 0.164. The van der Waals surface area contributed by atoms with Crippen molar-refractivity contribution in [2.45, 2.75) is 53.5 Å². The van der Waals surface area contributed by atoms with Gasteiger partial charge < -0.3 is 9.80 Å². The standard InChI is InChI=1S/C28H46ClN7O/c1-5-12-33(13-6-2)14-7-15-34-16-18-35(19-17-34)22-24-8-10-25(11-9-24)28(37)32-36(21-23(3)4)27-26(29)20-30-31-27/h8-11,20,23H,5-7,12-19,21-22H2,1-4H3,(H,30,31)(H,32,37). The average molecular weight is 532 g/mol. The summed E-state index contributed by atoms with van der Waals surface area (Å²) in [5.74, 6) is 0.765. The lowest BCUT2D eigenvalue weighted by molar-refractivity contribution is 0.0947. The van der Waals surface area contributed by atoms with Crippen molar-refractivity contribution in [3.05, 3.63) is 46.6 Å². The molecule has 0 radical (unpaired) electrons. The number of anilines is 1. The summed E-state index contributed by atoms with van der Waals surface area (Å²) in [5, 5.41) is 9.06. The lowest BCUT2D eigenvalue weighted by Crippen LogP contribution is -2.46. The fourth-order valence-corrected chi connectivity index (χ4v) is 5.07. The van der Waals surface area contributed by atoms with Crippen molar-refractivity contribution in [2.24, 2.45) is 5.92 Å². The second-order valence-electron chi connectivity index (χ2n) is 10.5. The van der Waals surface area contributed by atoms with E-state index in [2.05, 4.69) is 70.2 Å². The van der Waals surface area contributed by atoms with E-state index in [0.717, 1.165) is 32.7 Å². The topological polar surface area (TPSA) is 70.7 Å². The Kier molecular flexibility index (Phi) is 12.2. The second-order valence-corrected chi connectivity index (χ2v) is 10.9. The molecule has 0 bridgehead atoms. The molecule has 1 aliphatic rings. The molecule has 0 atom stereocenters. The van der Waals surface area contributed by atoms with E-state index in [0.29, 0.717) is 28.9 Å². The molecule has 1 aromatic heterocycles. The van der Waals surface area contributed by atoms with E-state index in [-0.39, 0.29) is 5.91 Å². The van der Waals surface area contributed by atoms with Gasteiger partial charge in [-0.1, -0.05) is 51.4 Å². The Bertz CT molecular complexity index is 919. The average Bonchev–Trinajstić information content (AvgIpc) is 3.31. The van der Waals surface area contributed by atoms with Crippen LogP contribution in [-0.4, -0.2) is 89.7 Å². The number of aromatic nitrogens is 2. The first kappa shape index (κ1) is 29.4. The Morgan fingerprint density at radius 1 is 1.05 bits per heavy atom. The Hall–Kier alpha value is -2.13. The molecular formula is C28H46ClN7O. The van der Waals surface area contributed by atoms with Gasteiger partial charge in [0.05, 0.1) is 6.20 Å². The van der Waals surface area contributed by atoms with Crippen molar-refractivity contribution in [1.29, 1.82) is 0 Å². The molecule has 0 unspecified atom stereocenters. The number of nitrogens with one attached hydrogen (secondary N) is 2. The fraction of sp³-hybridized carbons (Fsp3) is 0.643. The summed E-state index contributed by atoms with van der Waals surface area (Å²) in [4.78, 5) is 20.7. The van der Waals surface area contributed by atoms with Gasteiger partial charge in [-0.25, -0.2) is 0 Å². The van der Waals surface area contributed by atoms with Gasteiger partial charge in [0.25, 0.3) is 5.91 Å². The molecule has 3 rings (SSSR count). The number of hydrazine groups is 1. The minimum atomic E-state index is -0.164. The molecule has 1 aliphatic heterocycles. The van der Waals surface area contributed by atoms with Gasteiger partial charge >= 0.3 is 0 Å². The molecule has 1 saturated heterocycles. The molecular weight excluding hydrogens is 486 g/mol. The van der Waals surface area contributed by atoms with Crippen molar-refractivity contribution in [1.82, 2.24) is 30.3 Å². The van der Waals surface area contributed by atoms with Gasteiger partial charge in [-0.15, -0.1) is 0 Å². The molecule has 2 heterocycles. The van der Waals surface area contributed by atoms with Crippen molar-refractivity contribution in [3.63, 3.8) is 0 Å². The van der Waals surface area contributed by atoms with E-state index in [1.807, 2.05) is 12.1 Å². The van der Waals surface area contributed by atoms with Crippen LogP contribution in [0.3, 0.4) is 0 Å². The number of rotatable bonds is 15.